The van der Waals surface area contributed by atoms with E-state index in [0.29, 0.717) is 17.1 Å². The smallest absolute Gasteiger partial charge is 0.349 e. The minimum absolute atomic E-state index is 0.102. The van der Waals surface area contributed by atoms with Crippen LogP contribution in [0.3, 0.4) is 0 Å². The van der Waals surface area contributed by atoms with E-state index in [1.54, 1.807) is 18.2 Å². The van der Waals surface area contributed by atoms with Gasteiger partial charge in [0.1, 0.15) is 22.6 Å². The molecule has 1 aromatic heterocycles. The molecule has 0 aliphatic heterocycles. The lowest BCUT2D eigenvalue weighted by Crippen LogP contribution is -2.27. The fraction of sp³-hybridized carbons (Fsp3) is 0.179. The molecular weight excluding hydrogens is 446 g/mol. The summed E-state index contributed by atoms with van der Waals surface area (Å²) in [7, 11) is 0. The molecule has 178 valence electrons. The van der Waals surface area contributed by atoms with Crippen molar-refractivity contribution in [3.05, 3.63) is 106 Å². The molecule has 3 aromatic carbocycles. The van der Waals surface area contributed by atoms with Crippen molar-refractivity contribution in [1.29, 1.82) is 0 Å². The van der Waals surface area contributed by atoms with Crippen molar-refractivity contribution in [2.45, 2.75) is 26.3 Å². The van der Waals surface area contributed by atoms with Crippen molar-refractivity contribution in [3.63, 3.8) is 0 Å². The predicted octanol–water partition coefficient (Wildman–Crippen LogP) is 4.83. The quantitative estimate of drug-likeness (QED) is 0.225. The number of nitrogens with one attached hydrogen (secondary N) is 1. The van der Waals surface area contributed by atoms with Crippen LogP contribution in [-0.4, -0.2) is 18.5 Å². The van der Waals surface area contributed by atoms with E-state index >= 15 is 0 Å². The summed E-state index contributed by atoms with van der Waals surface area (Å²) in [4.78, 5) is 37.1. The molecule has 0 radical (unpaired) electrons. The van der Waals surface area contributed by atoms with Gasteiger partial charge in [-0.05, 0) is 47.4 Å². The Bertz CT molecular complexity index is 1410. The van der Waals surface area contributed by atoms with Gasteiger partial charge >= 0.3 is 11.6 Å². The molecule has 4 rings (SSSR count). The van der Waals surface area contributed by atoms with Gasteiger partial charge in [0, 0.05) is 18.0 Å². The highest BCUT2D eigenvalue weighted by molar-refractivity contribution is 5.96. The Labute approximate surface area is 202 Å². The van der Waals surface area contributed by atoms with Gasteiger partial charge in [0.05, 0.1) is 0 Å². The maximum absolute atomic E-state index is 12.5. The standard InChI is InChI=1S/C28H25NO6/c1-18(2)20-9-6-10-22(13-20)33-17-26(30)34-23-12-11-21-14-24(28(32)35-25(21)15-23)27(31)29-16-19-7-4-3-5-8-19/h3-15,18H,16-17H2,1-2H3,(H,29,31). The van der Waals surface area contributed by atoms with E-state index in [-0.39, 0.29) is 30.0 Å². The van der Waals surface area contributed by atoms with Crippen molar-refractivity contribution < 1.29 is 23.5 Å². The van der Waals surface area contributed by atoms with Crippen LogP contribution < -0.4 is 20.4 Å². The first-order valence-electron chi connectivity index (χ1n) is 11.2. The number of amides is 1. The normalized spacial score (nSPS) is 10.8. The summed E-state index contributed by atoms with van der Waals surface area (Å²) in [6.07, 6.45) is 0. The highest BCUT2D eigenvalue weighted by Gasteiger charge is 2.15. The van der Waals surface area contributed by atoms with Crippen LogP contribution in [0.4, 0.5) is 0 Å². The molecule has 1 amide bonds. The molecular formula is C28H25NO6. The maximum atomic E-state index is 12.5. The van der Waals surface area contributed by atoms with Crippen molar-refractivity contribution >= 4 is 22.8 Å². The Morgan fingerprint density at radius 3 is 2.49 bits per heavy atom. The van der Waals surface area contributed by atoms with E-state index in [2.05, 4.69) is 19.2 Å². The summed E-state index contributed by atoms with van der Waals surface area (Å²) in [5.41, 5.74) is 1.34. The minimum atomic E-state index is -0.778. The third kappa shape index (κ3) is 6.14. The average molecular weight is 472 g/mol. The van der Waals surface area contributed by atoms with Gasteiger partial charge in [-0.3, -0.25) is 4.79 Å². The second kappa shape index (κ2) is 10.7. The summed E-state index contributed by atoms with van der Waals surface area (Å²) >= 11 is 0. The van der Waals surface area contributed by atoms with Crippen LogP contribution in [0, 0.1) is 0 Å². The van der Waals surface area contributed by atoms with E-state index in [1.807, 2.05) is 48.5 Å². The second-order valence-corrected chi connectivity index (χ2v) is 8.31. The molecule has 4 aromatic rings. The van der Waals surface area contributed by atoms with E-state index in [9.17, 15) is 14.4 Å². The van der Waals surface area contributed by atoms with Crippen LogP contribution in [0.2, 0.25) is 0 Å². The highest BCUT2D eigenvalue weighted by Crippen LogP contribution is 2.22. The topological polar surface area (TPSA) is 94.8 Å². The molecule has 0 aliphatic carbocycles. The van der Waals surface area contributed by atoms with Gasteiger partial charge in [-0.1, -0.05) is 56.3 Å². The number of benzene rings is 3. The first-order chi connectivity index (χ1) is 16.9. The van der Waals surface area contributed by atoms with Crippen molar-refractivity contribution in [2.24, 2.45) is 0 Å². The molecule has 0 saturated carbocycles. The Balaban J connectivity index is 1.40. The van der Waals surface area contributed by atoms with Crippen LogP contribution in [0.5, 0.6) is 11.5 Å². The number of carbonyl (C=O) groups excluding carboxylic acids is 2. The van der Waals surface area contributed by atoms with Gasteiger partial charge in [0.25, 0.3) is 5.91 Å². The monoisotopic (exact) mass is 471 g/mol. The lowest BCUT2D eigenvalue weighted by Gasteiger charge is -2.10. The van der Waals surface area contributed by atoms with E-state index in [4.69, 9.17) is 13.9 Å². The summed E-state index contributed by atoms with van der Waals surface area (Å²) in [5.74, 6) is -0.00681. The predicted molar refractivity (Wildman–Crippen MR) is 132 cm³/mol. The van der Waals surface area contributed by atoms with Gasteiger partial charge < -0.3 is 19.2 Å². The molecule has 0 atom stereocenters. The molecule has 0 aliphatic rings. The van der Waals surface area contributed by atoms with E-state index in [0.717, 1.165) is 11.1 Å². The summed E-state index contributed by atoms with van der Waals surface area (Å²) in [6, 6.07) is 23.0. The zero-order valence-electron chi connectivity index (χ0n) is 19.4. The fourth-order valence-electron chi connectivity index (χ4n) is 3.45. The van der Waals surface area contributed by atoms with Gasteiger partial charge in [0.15, 0.2) is 6.61 Å². The molecule has 35 heavy (non-hydrogen) atoms. The molecule has 7 heteroatoms. The Hall–Kier alpha value is -4.39. The first kappa shape index (κ1) is 23.8. The second-order valence-electron chi connectivity index (χ2n) is 8.31. The van der Waals surface area contributed by atoms with E-state index in [1.165, 1.54) is 12.1 Å². The van der Waals surface area contributed by atoms with Crippen LogP contribution >= 0.6 is 0 Å². The molecule has 0 unspecified atom stereocenters. The Morgan fingerprint density at radius 2 is 1.71 bits per heavy atom. The molecule has 1 heterocycles. The number of ether oxygens (including phenoxy) is 2. The largest absolute Gasteiger partial charge is 0.482 e. The molecule has 1 N–H and O–H groups in total. The molecule has 0 saturated heterocycles. The zero-order valence-corrected chi connectivity index (χ0v) is 19.4. The molecule has 7 nitrogen and oxygen atoms in total. The maximum Gasteiger partial charge on any atom is 0.349 e. The number of hydrogen-bond acceptors (Lipinski definition) is 6. The Morgan fingerprint density at radius 1 is 0.914 bits per heavy atom. The van der Waals surface area contributed by atoms with E-state index < -0.39 is 17.5 Å². The molecule has 0 spiro atoms. The third-order valence-corrected chi connectivity index (χ3v) is 5.36. The van der Waals surface area contributed by atoms with Crippen molar-refractivity contribution in [1.82, 2.24) is 5.32 Å². The number of carbonyl (C=O) groups is 2. The van der Waals surface area contributed by atoms with Crippen LogP contribution in [-0.2, 0) is 11.3 Å². The number of rotatable bonds is 8. The van der Waals surface area contributed by atoms with Gasteiger partial charge in [-0.15, -0.1) is 0 Å². The number of fused-ring (bicyclic) bond motifs is 1. The fourth-order valence-corrected chi connectivity index (χ4v) is 3.45. The lowest BCUT2D eigenvalue weighted by molar-refractivity contribution is -0.136. The first-order valence-corrected chi connectivity index (χ1v) is 11.2. The third-order valence-electron chi connectivity index (χ3n) is 5.36. The van der Waals surface area contributed by atoms with Gasteiger partial charge in [-0.2, -0.15) is 0 Å². The van der Waals surface area contributed by atoms with Crippen molar-refractivity contribution in [2.75, 3.05) is 6.61 Å². The van der Waals surface area contributed by atoms with Crippen LogP contribution in [0.25, 0.3) is 11.0 Å². The summed E-state index contributed by atoms with van der Waals surface area (Å²) < 4.78 is 16.2. The Kier molecular flexibility index (Phi) is 7.26. The minimum Gasteiger partial charge on any atom is -0.482 e. The van der Waals surface area contributed by atoms with Crippen LogP contribution in [0.15, 0.2) is 88.1 Å². The van der Waals surface area contributed by atoms with Gasteiger partial charge in [-0.25, -0.2) is 9.59 Å². The number of hydrogen-bond donors (Lipinski definition) is 1. The summed E-state index contributed by atoms with van der Waals surface area (Å²) in [5, 5.41) is 3.24. The number of esters is 1. The average Bonchev–Trinajstić information content (AvgIpc) is 2.86. The van der Waals surface area contributed by atoms with Gasteiger partial charge in [0.2, 0.25) is 0 Å². The zero-order chi connectivity index (χ0) is 24.8. The SMILES string of the molecule is CC(C)c1cccc(OCC(=O)Oc2ccc3cc(C(=O)NCc4ccccc4)c(=O)oc3c2)c1. The molecule has 0 bridgehead atoms. The highest BCUT2D eigenvalue weighted by atomic mass is 16.6. The molecule has 0 fully saturated rings. The summed E-state index contributed by atoms with van der Waals surface area (Å²) in [6.45, 7) is 4.16. The van der Waals surface area contributed by atoms with Crippen molar-refractivity contribution in [3.8, 4) is 11.5 Å². The van der Waals surface area contributed by atoms with Crippen LogP contribution in [0.1, 0.15) is 41.3 Å². The lowest BCUT2D eigenvalue weighted by atomic mass is 10.0.